The Morgan fingerprint density at radius 3 is 3.14 bits per heavy atom. The molecule has 4 nitrogen and oxygen atoms in total. The fourth-order valence-electron chi connectivity index (χ4n) is 1.78. The summed E-state index contributed by atoms with van der Waals surface area (Å²) in [4.78, 5) is 4.30. The van der Waals surface area contributed by atoms with Gasteiger partial charge in [0.15, 0.2) is 5.82 Å². The van der Waals surface area contributed by atoms with Gasteiger partial charge < -0.3 is 5.32 Å². The van der Waals surface area contributed by atoms with E-state index in [4.69, 9.17) is 0 Å². The number of fused-ring (bicyclic) bond motifs is 1. The summed E-state index contributed by atoms with van der Waals surface area (Å²) in [5.74, 6) is 0.977. The van der Waals surface area contributed by atoms with Crippen LogP contribution in [-0.2, 0) is 6.42 Å². The second-order valence-corrected chi connectivity index (χ2v) is 3.32. The first-order valence-electron chi connectivity index (χ1n) is 4.67. The van der Waals surface area contributed by atoms with Crippen molar-refractivity contribution in [1.82, 2.24) is 15.2 Å². The van der Waals surface area contributed by atoms with Crippen molar-refractivity contribution in [2.75, 3.05) is 11.9 Å². The Hall–Kier alpha value is -1.84. The standard InChI is InChI=1S/C10H10N4/c1-2-5-11-8(3-1)9-7-4-6-12-10(7)14-13-9/h1-3,5H,4,6H2,(H2,12,13,14). The third-order valence-electron chi connectivity index (χ3n) is 2.46. The summed E-state index contributed by atoms with van der Waals surface area (Å²) >= 11 is 0. The minimum Gasteiger partial charge on any atom is -0.368 e. The van der Waals surface area contributed by atoms with Crippen LogP contribution in [0.5, 0.6) is 0 Å². The van der Waals surface area contributed by atoms with Gasteiger partial charge in [-0.05, 0) is 18.6 Å². The van der Waals surface area contributed by atoms with Crippen LogP contribution in [0.15, 0.2) is 24.4 Å². The highest BCUT2D eigenvalue weighted by Gasteiger charge is 2.19. The Kier molecular flexibility index (Phi) is 1.53. The summed E-state index contributed by atoms with van der Waals surface area (Å²) in [7, 11) is 0. The van der Waals surface area contributed by atoms with E-state index in [2.05, 4.69) is 20.5 Å². The van der Waals surface area contributed by atoms with Crippen molar-refractivity contribution in [3.63, 3.8) is 0 Å². The summed E-state index contributed by atoms with van der Waals surface area (Å²) < 4.78 is 0. The number of hydrogen-bond donors (Lipinski definition) is 2. The van der Waals surface area contributed by atoms with Crippen molar-refractivity contribution in [1.29, 1.82) is 0 Å². The first kappa shape index (κ1) is 7.55. The zero-order valence-corrected chi connectivity index (χ0v) is 7.62. The fraction of sp³-hybridized carbons (Fsp3) is 0.200. The SMILES string of the molecule is c1ccc(-c2[nH]nc3c2CCN3)nc1. The van der Waals surface area contributed by atoms with Gasteiger partial charge in [0.2, 0.25) is 0 Å². The van der Waals surface area contributed by atoms with Crippen molar-refractivity contribution in [3.05, 3.63) is 30.0 Å². The molecule has 0 saturated heterocycles. The summed E-state index contributed by atoms with van der Waals surface area (Å²) in [6.45, 7) is 0.978. The Morgan fingerprint density at radius 1 is 1.29 bits per heavy atom. The number of hydrogen-bond acceptors (Lipinski definition) is 3. The normalized spacial score (nSPS) is 13.7. The molecule has 2 aromatic heterocycles. The molecular formula is C10H10N4. The van der Waals surface area contributed by atoms with Crippen molar-refractivity contribution in [3.8, 4) is 11.4 Å². The van der Waals surface area contributed by atoms with Crippen molar-refractivity contribution in [2.45, 2.75) is 6.42 Å². The zero-order chi connectivity index (χ0) is 9.38. The summed E-state index contributed by atoms with van der Waals surface area (Å²) in [5.41, 5.74) is 3.26. The molecule has 4 heteroatoms. The molecule has 0 atom stereocenters. The molecule has 0 radical (unpaired) electrons. The fourth-order valence-corrected chi connectivity index (χ4v) is 1.78. The van der Waals surface area contributed by atoms with Crippen LogP contribution in [0.3, 0.4) is 0 Å². The molecule has 1 aliphatic heterocycles. The predicted molar refractivity (Wildman–Crippen MR) is 54.0 cm³/mol. The van der Waals surface area contributed by atoms with E-state index in [-0.39, 0.29) is 0 Å². The maximum atomic E-state index is 4.30. The number of nitrogens with zero attached hydrogens (tertiary/aromatic N) is 2. The van der Waals surface area contributed by atoms with Gasteiger partial charge in [-0.25, -0.2) is 0 Å². The topological polar surface area (TPSA) is 53.6 Å². The molecule has 2 N–H and O–H groups in total. The van der Waals surface area contributed by atoms with Gasteiger partial charge in [-0.15, -0.1) is 0 Å². The monoisotopic (exact) mass is 186 g/mol. The Morgan fingerprint density at radius 2 is 2.29 bits per heavy atom. The molecule has 0 aliphatic carbocycles. The number of anilines is 1. The zero-order valence-electron chi connectivity index (χ0n) is 7.62. The van der Waals surface area contributed by atoms with E-state index in [9.17, 15) is 0 Å². The van der Waals surface area contributed by atoms with Crippen LogP contribution in [0, 0.1) is 0 Å². The smallest absolute Gasteiger partial charge is 0.151 e. The van der Waals surface area contributed by atoms with Crippen LogP contribution < -0.4 is 5.32 Å². The lowest BCUT2D eigenvalue weighted by molar-refractivity contribution is 1.03. The highest BCUT2D eigenvalue weighted by molar-refractivity contribution is 5.67. The van der Waals surface area contributed by atoms with Gasteiger partial charge >= 0.3 is 0 Å². The first-order chi connectivity index (χ1) is 6.95. The van der Waals surface area contributed by atoms with E-state index in [0.29, 0.717) is 0 Å². The highest BCUT2D eigenvalue weighted by atomic mass is 15.2. The van der Waals surface area contributed by atoms with Gasteiger partial charge in [-0.2, -0.15) is 5.10 Å². The van der Waals surface area contributed by atoms with Crippen LogP contribution in [0.1, 0.15) is 5.56 Å². The quantitative estimate of drug-likeness (QED) is 0.708. The number of rotatable bonds is 1. The molecule has 0 fully saturated rings. The molecule has 70 valence electrons. The van der Waals surface area contributed by atoms with E-state index in [1.807, 2.05) is 18.2 Å². The molecule has 3 heterocycles. The van der Waals surface area contributed by atoms with Gasteiger partial charge in [0, 0.05) is 18.3 Å². The number of H-pyrrole nitrogens is 1. The lowest BCUT2D eigenvalue weighted by Crippen LogP contribution is -1.95. The molecule has 2 aromatic rings. The number of pyridine rings is 1. The van der Waals surface area contributed by atoms with Crippen LogP contribution in [0.2, 0.25) is 0 Å². The first-order valence-corrected chi connectivity index (χ1v) is 4.67. The third kappa shape index (κ3) is 1.00. The van der Waals surface area contributed by atoms with Gasteiger partial charge in [0.1, 0.15) is 0 Å². The number of aromatic amines is 1. The van der Waals surface area contributed by atoms with Gasteiger partial charge in [0.25, 0.3) is 0 Å². The minimum atomic E-state index is 0.963. The van der Waals surface area contributed by atoms with Gasteiger partial charge in [0.05, 0.1) is 11.4 Å². The second kappa shape index (κ2) is 2.83. The molecule has 0 aromatic carbocycles. The van der Waals surface area contributed by atoms with E-state index in [1.165, 1.54) is 5.56 Å². The average molecular weight is 186 g/mol. The van der Waals surface area contributed by atoms with E-state index >= 15 is 0 Å². The summed E-state index contributed by atoms with van der Waals surface area (Å²) in [5, 5.41) is 10.4. The molecule has 0 spiro atoms. The second-order valence-electron chi connectivity index (χ2n) is 3.32. The molecule has 0 amide bonds. The Labute approximate surface area is 81.4 Å². The van der Waals surface area contributed by atoms with Crippen LogP contribution >= 0.6 is 0 Å². The average Bonchev–Trinajstić information content (AvgIpc) is 2.79. The van der Waals surface area contributed by atoms with Crippen LogP contribution in [0.25, 0.3) is 11.4 Å². The lowest BCUT2D eigenvalue weighted by Gasteiger charge is -1.97. The van der Waals surface area contributed by atoms with E-state index in [1.54, 1.807) is 6.20 Å². The largest absolute Gasteiger partial charge is 0.368 e. The molecule has 3 rings (SSSR count). The van der Waals surface area contributed by atoms with E-state index in [0.717, 1.165) is 30.2 Å². The maximum absolute atomic E-state index is 4.30. The van der Waals surface area contributed by atoms with Crippen LogP contribution in [-0.4, -0.2) is 21.7 Å². The Balaban J connectivity index is 2.13. The van der Waals surface area contributed by atoms with Crippen molar-refractivity contribution < 1.29 is 0 Å². The number of aromatic nitrogens is 3. The lowest BCUT2D eigenvalue weighted by atomic mass is 10.1. The van der Waals surface area contributed by atoms with Gasteiger partial charge in [-0.3, -0.25) is 10.1 Å². The predicted octanol–water partition coefficient (Wildman–Crippen LogP) is 1.44. The van der Waals surface area contributed by atoms with Crippen molar-refractivity contribution >= 4 is 5.82 Å². The molecular weight excluding hydrogens is 176 g/mol. The highest BCUT2D eigenvalue weighted by Crippen LogP contribution is 2.28. The maximum Gasteiger partial charge on any atom is 0.151 e. The molecule has 0 saturated carbocycles. The summed E-state index contributed by atoms with van der Waals surface area (Å²) in [6.07, 6.45) is 2.82. The van der Waals surface area contributed by atoms with Crippen LogP contribution in [0.4, 0.5) is 5.82 Å². The minimum absolute atomic E-state index is 0.963. The molecule has 14 heavy (non-hydrogen) atoms. The van der Waals surface area contributed by atoms with Crippen molar-refractivity contribution in [2.24, 2.45) is 0 Å². The third-order valence-corrected chi connectivity index (χ3v) is 2.46. The van der Waals surface area contributed by atoms with E-state index < -0.39 is 0 Å². The molecule has 1 aliphatic rings. The van der Waals surface area contributed by atoms with Gasteiger partial charge in [-0.1, -0.05) is 6.07 Å². The molecule has 0 bridgehead atoms. The summed E-state index contributed by atoms with van der Waals surface area (Å²) in [6, 6.07) is 5.89. The molecule has 0 unspecified atom stereocenters. The number of nitrogens with one attached hydrogen (secondary N) is 2. The Bertz CT molecular complexity index is 446.